The molecule has 0 saturated carbocycles. The van der Waals surface area contributed by atoms with Gasteiger partial charge >= 0.3 is 0 Å². The summed E-state index contributed by atoms with van der Waals surface area (Å²) >= 11 is 7.15. The number of benzene rings is 6. The van der Waals surface area contributed by atoms with Crippen LogP contribution in [0.2, 0.25) is 0 Å². The zero-order chi connectivity index (χ0) is 47.1. The maximum absolute atomic E-state index is 10.3. The summed E-state index contributed by atoms with van der Waals surface area (Å²) in [7, 11) is 3.28. The fourth-order valence-electron chi connectivity index (χ4n) is 7.45. The van der Waals surface area contributed by atoms with E-state index in [0.29, 0.717) is 58.6 Å². The van der Waals surface area contributed by atoms with E-state index >= 15 is 0 Å². The Balaban J connectivity index is 0.000000224. The van der Waals surface area contributed by atoms with E-state index in [1.807, 2.05) is 146 Å². The topological polar surface area (TPSA) is 124 Å². The molecule has 1 aliphatic heterocycles. The number of aliphatic hydroxyl groups excluding tert-OH is 2. The first-order valence-corrected chi connectivity index (χ1v) is 23.8. The lowest BCUT2D eigenvalue weighted by Gasteiger charge is -2.22. The normalized spacial score (nSPS) is 17.2. The van der Waals surface area contributed by atoms with Crippen LogP contribution in [0.3, 0.4) is 0 Å². The number of fused-ring (bicyclic) bond motifs is 2. The van der Waals surface area contributed by atoms with E-state index in [1.54, 1.807) is 14.2 Å². The molecule has 6 aromatic rings. The predicted octanol–water partition coefficient (Wildman–Crippen LogP) is 11.0. The summed E-state index contributed by atoms with van der Waals surface area (Å²) in [6.07, 6.45) is -1.79. The maximum atomic E-state index is 10.3. The van der Waals surface area contributed by atoms with Gasteiger partial charge in [-0.15, -0.1) is 0 Å². The van der Waals surface area contributed by atoms with E-state index < -0.39 is 12.2 Å². The van der Waals surface area contributed by atoms with Crippen molar-refractivity contribution < 1.29 is 52.8 Å². The van der Waals surface area contributed by atoms with Crippen LogP contribution < -0.4 is 9.47 Å². The fourth-order valence-corrected chi connectivity index (χ4v) is 8.56. The molecule has 67 heavy (non-hydrogen) atoms. The van der Waals surface area contributed by atoms with Crippen molar-refractivity contribution in [2.45, 2.75) is 50.8 Å². The van der Waals surface area contributed by atoms with Crippen molar-refractivity contribution in [1.82, 2.24) is 0 Å². The zero-order valence-corrected chi connectivity index (χ0v) is 41.1. The molecule has 0 unspecified atom stereocenters. The van der Waals surface area contributed by atoms with Crippen LogP contribution in [0.4, 0.5) is 0 Å². The molecule has 13 heteroatoms. The summed E-state index contributed by atoms with van der Waals surface area (Å²) in [6.45, 7) is 4.37. The molecule has 7 rings (SSSR count). The number of hydrogen-bond acceptors (Lipinski definition) is 11. The molecule has 0 saturated heterocycles. The van der Waals surface area contributed by atoms with Crippen molar-refractivity contribution in [3.8, 4) is 11.5 Å². The summed E-state index contributed by atoms with van der Waals surface area (Å²) in [5.41, 5.74) is 7.34. The highest BCUT2D eigenvalue weighted by Gasteiger charge is 2.19. The maximum Gasteiger partial charge on any atom is 0.129 e. The van der Waals surface area contributed by atoms with E-state index in [2.05, 4.69) is 31.9 Å². The molecular formula is C54H60Br2O11. The zero-order valence-electron chi connectivity index (χ0n) is 38.0. The summed E-state index contributed by atoms with van der Waals surface area (Å²) < 4.78 is 55.0. The van der Waals surface area contributed by atoms with E-state index in [4.69, 9.17) is 42.6 Å². The van der Waals surface area contributed by atoms with Crippen LogP contribution >= 0.6 is 31.9 Å². The number of aliphatic hydroxyl groups is 2. The van der Waals surface area contributed by atoms with Crippen LogP contribution in [0, 0.1) is 0 Å². The summed E-state index contributed by atoms with van der Waals surface area (Å²) in [5, 5.41) is 20.6. The molecule has 6 aromatic carbocycles. The van der Waals surface area contributed by atoms with Crippen LogP contribution in [-0.4, -0.2) is 77.3 Å². The summed E-state index contributed by atoms with van der Waals surface area (Å²) in [4.78, 5) is 0. The number of rotatable bonds is 14. The van der Waals surface area contributed by atoms with Gasteiger partial charge in [-0.1, -0.05) is 153 Å². The lowest BCUT2D eigenvalue weighted by molar-refractivity contribution is -0.0646. The minimum Gasteiger partial charge on any atom is -0.496 e. The van der Waals surface area contributed by atoms with Crippen molar-refractivity contribution in [3.05, 3.63) is 199 Å². The molecule has 2 bridgehead atoms. The lowest BCUT2D eigenvalue weighted by atomic mass is 10.1. The van der Waals surface area contributed by atoms with Gasteiger partial charge in [-0.25, -0.2) is 0 Å². The molecule has 1 heterocycles. The molecule has 0 spiro atoms. The van der Waals surface area contributed by atoms with Gasteiger partial charge in [-0.3, -0.25) is 0 Å². The Morgan fingerprint density at radius 1 is 0.507 bits per heavy atom. The summed E-state index contributed by atoms with van der Waals surface area (Å²) in [6, 6.07) is 46.9. The molecule has 0 aromatic heterocycles. The second kappa shape index (κ2) is 28.8. The van der Waals surface area contributed by atoms with E-state index in [-0.39, 0.29) is 38.6 Å². The molecule has 1 aliphatic rings. The van der Waals surface area contributed by atoms with Crippen molar-refractivity contribution in [2.24, 2.45) is 0 Å². The molecule has 0 fully saturated rings. The van der Waals surface area contributed by atoms with Crippen LogP contribution in [0.25, 0.3) is 0 Å². The first kappa shape index (κ1) is 51.9. The Labute approximate surface area is 411 Å². The third-order valence-electron chi connectivity index (χ3n) is 10.7. The molecule has 0 aliphatic carbocycles. The molecule has 4 atom stereocenters. The van der Waals surface area contributed by atoms with Crippen molar-refractivity contribution in [3.63, 3.8) is 0 Å². The Morgan fingerprint density at radius 2 is 0.896 bits per heavy atom. The average molecular weight is 1040 g/mol. The minimum atomic E-state index is -0.693. The average Bonchev–Trinajstić information content (AvgIpc) is 3.35. The van der Waals surface area contributed by atoms with Gasteiger partial charge in [0.2, 0.25) is 0 Å². The van der Waals surface area contributed by atoms with Crippen LogP contribution in [0.5, 0.6) is 11.5 Å². The number of methoxy groups -OCH3 is 2. The highest BCUT2D eigenvalue weighted by atomic mass is 79.9. The standard InChI is InChI=1S/C29H33BrO6.C25H27BrO5/c1-31-29-24-16-26(30)17-25(29)19-34-21-28(23-10-6-3-7-11-23)36-15-13-32-12-14-35-27(20-33-18-24)22-8-4-2-5-9-22;1-29-25-20(14-30-16-23(27)18-8-4-2-5-9-18)12-22(26)13-21(25)15-31-17-24(28)19-10-6-3-7-11-19/h2-11,16-17,27-28H,12-15,18-21H2,1H3;2-13,23-24,27-28H,14-17H2,1H3/t27-,28-;23-,24-/m11/s1. The summed E-state index contributed by atoms with van der Waals surface area (Å²) in [5.74, 6) is 1.44. The number of halogens is 2. The predicted molar refractivity (Wildman–Crippen MR) is 264 cm³/mol. The third-order valence-corrected chi connectivity index (χ3v) is 11.7. The Morgan fingerprint density at radius 3 is 1.30 bits per heavy atom. The second-order valence-corrected chi connectivity index (χ2v) is 17.4. The van der Waals surface area contributed by atoms with E-state index in [1.165, 1.54) is 0 Å². The van der Waals surface area contributed by atoms with Gasteiger partial charge < -0.3 is 52.8 Å². The first-order valence-electron chi connectivity index (χ1n) is 22.2. The molecular weight excluding hydrogens is 984 g/mol. The van der Waals surface area contributed by atoms with Crippen molar-refractivity contribution in [2.75, 3.05) is 67.1 Å². The van der Waals surface area contributed by atoms with E-state index in [0.717, 1.165) is 59.2 Å². The molecule has 356 valence electrons. The fraction of sp³-hybridized carbons (Fsp3) is 0.333. The van der Waals surface area contributed by atoms with Gasteiger partial charge in [0.05, 0.1) is 93.5 Å². The monoisotopic (exact) mass is 1040 g/mol. The largest absolute Gasteiger partial charge is 0.496 e. The Kier molecular flexibility index (Phi) is 22.3. The molecule has 0 radical (unpaired) electrons. The molecule has 11 nitrogen and oxygen atoms in total. The second-order valence-electron chi connectivity index (χ2n) is 15.6. The third kappa shape index (κ3) is 16.9. The van der Waals surface area contributed by atoms with Gasteiger partial charge in [0.15, 0.2) is 0 Å². The Hall–Kier alpha value is -4.48. The van der Waals surface area contributed by atoms with Gasteiger partial charge in [0.1, 0.15) is 35.9 Å². The molecule has 0 amide bonds. The minimum absolute atomic E-state index is 0.175. The van der Waals surface area contributed by atoms with Crippen LogP contribution in [0.1, 0.15) is 68.9 Å². The number of ether oxygens (including phenoxy) is 9. The highest BCUT2D eigenvalue weighted by Crippen LogP contribution is 2.33. The first-order chi connectivity index (χ1) is 32.8. The highest BCUT2D eigenvalue weighted by molar-refractivity contribution is 9.10. The van der Waals surface area contributed by atoms with Crippen molar-refractivity contribution in [1.29, 1.82) is 0 Å². The van der Waals surface area contributed by atoms with Gasteiger partial charge in [-0.2, -0.15) is 0 Å². The van der Waals surface area contributed by atoms with Crippen LogP contribution in [-0.2, 0) is 59.6 Å². The van der Waals surface area contributed by atoms with Gasteiger partial charge in [-0.05, 0) is 46.5 Å². The Bertz CT molecular complexity index is 2150. The number of hydrogen-bond donors (Lipinski definition) is 2. The van der Waals surface area contributed by atoms with Crippen LogP contribution in [0.15, 0.2) is 155 Å². The van der Waals surface area contributed by atoms with Gasteiger partial charge in [0.25, 0.3) is 0 Å². The molecule has 2 N–H and O–H groups in total. The SMILES string of the molecule is COc1c(COC[C@@H](O)c2ccccc2)cc(Br)cc1COC[C@@H](O)c1ccccc1.COc1c2cc(Br)cc1COC[C@H](c1ccccc1)OCCOCCO[C@@H](c1ccccc1)COC2. The van der Waals surface area contributed by atoms with E-state index in [9.17, 15) is 10.2 Å². The lowest BCUT2D eigenvalue weighted by Crippen LogP contribution is -2.18. The van der Waals surface area contributed by atoms with Gasteiger partial charge in [0, 0.05) is 31.2 Å². The smallest absolute Gasteiger partial charge is 0.129 e. The van der Waals surface area contributed by atoms with Crippen molar-refractivity contribution >= 4 is 31.9 Å². The quantitative estimate of drug-likeness (QED) is 0.108.